The van der Waals surface area contributed by atoms with Crippen molar-refractivity contribution in [3.05, 3.63) is 41.5 Å². The predicted octanol–water partition coefficient (Wildman–Crippen LogP) is 1.80. The van der Waals surface area contributed by atoms with E-state index >= 15 is 0 Å². The molecule has 0 unspecified atom stereocenters. The van der Waals surface area contributed by atoms with Crippen molar-refractivity contribution in [2.45, 2.75) is 12.8 Å². The molecule has 1 aliphatic rings. The summed E-state index contributed by atoms with van der Waals surface area (Å²) in [5.41, 5.74) is 6.87. The summed E-state index contributed by atoms with van der Waals surface area (Å²) in [6, 6.07) is 7.39. The van der Waals surface area contributed by atoms with Gasteiger partial charge in [0.25, 0.3) is 0 Å². The zero-order valence-electron chi connectivity index (χ0n) is 9.86. The van der Waals surface area contributed by atoms with Crippen LogP contribution in [0.5, 0.6) is 0 Å². The first-order valence-corrected chi connectivity index (χ1v) is 6.04. The molecule has 0 bridgehead atoms. The summed E-state index contributed by atoms with van der Waals surface area (Å²) in [5.74, 6) is 0.297. The van der Waals surface area contributed by atoms with Gasteiger partial charge in [0.1, 0.15) is 0 Å². The fourth-order valence-electron chi connectivity index (χ4n) is 2.04. The molecule has 1 amide bonds. The van der Waals surface area contributed by atoms with Gasteiger partial charge in [-0.3, -0.25) is 4.79 Å². The van der Waals surface area contributed by atoms with Gasteiger partial charge < -0.3 is 11.1 Å². The monoisotopic (exact) mass is 230 g/mol. The molecule has 90 valence electrons. The molecule has 3 heteroatoms. The van der Waals surface area contributed by atoms with Crippen molar-refractivity contribution < 1.29 is 4.79 Å². The maximum absolute atomic E-state index is 10.9. The molecule has 1 heterocycles. The molecule has 1 aromatic carbocycles. The highest BCUT2D eigenvalue weighted by molar-refractivity contribution is 5.92. The molecular formula is C14H18N2O. The molecule has 0 radical (unpaired) electrons. The summed E-state index contributed by atoms with van der Waals surface area (Å²) in [6.45, 7) is 2.21. The number of hydrogen-bond acceptors (Lipinski definition) is 2. The van der Waals surface area contributed by atoms with Crippen molar-refractivity contribution in [2.75, 3.05) is 13.1 Å². The fraction of sp³-hybridized carbons (Fsp3) is 0.357. The molecule has 0 spiro atoms. The Kier molecular flexibility index (Phi) is 3.94. The summed E-state index contributed by atoms with van der Waals surface area (Å²) in [4.78, 5) is 10.9. The van der Waals surface area contributed by atoms with Gasteiger partial charge >= 0.3 is 0 Å². The Hall–Kier alpha value is -1.61. The van der Waals surface area contributed by atoms with E-state index in [4.69, 9.17) is 5.73 Å². The van der Waals surface area contributed by atoms with Gasteiger partial charge in [0.2, 0.25) is 5.91 Å². The van der Waals surface area contributed by atoms with Gasteiger partial charge in [-0.1, -0.05) is 24.3 Å². The smallest absolute Gasteiger partial charge is 0.248 e. The van der Waals surface area contributed by atoms with Crippen LogP contribution in [0.4, 0.5) is 0 Å². The molecule has 17 heavy (non-hydrogen) atoms. The van der Waals surface area contributed by atoms with Crippen molar-refractivity contribution in [1.29, 1.82) is 0 Å². The molecule has 1 aliphatic heterocycles. The first kappa shape index (κ1) is 11.9. The summed E-state index contributed by atoms with van der Waals surface area (Å²) >= 11 is 0. The number of rotatable bonds is 3. The number of primary amides is 1. The summed E-state index contributed by atoms with van der Waals surface area (Å²) < 4.78 is 0. The van der Waals surface area contributed by atoms with Crippen LogP contribution in [-0.2, 0) is 0 Å². The van der Waals surface area contributed by atoms with E-state index < -0.39 is 0 Å². The van der Waals surface area contributed by atoms with Crippen LogP contribution in [0.3, 0.4) is 0 Å². The molecule has 2 rings (SSSR count). The third-order valence-corrected chi connectivity index (χ3v) is 3.14. The zero-order chi connectivity index (χ0) is 12.1. The van der Waals surface area contributed by atoms with Gasteiger partial charge in [0, 0.05) is 5.56 Å². The van der Waals surface area contributed by atoms with Crippen LogP contribution < -0.4 is 11.1 Å². The lowest BCUT2D eigenvalue weighted by molar-refractivity contribution is 0.100. The molecule has 0 atom stereocenters. The molecule has 3 nitrogen and oxygen atoms in total. The fourth-order valence-corrected chi connectivity index (χ4v) is 2.04. The van der Waals surface area contributed by atoms with E-state index in [1.807, 2.05) is 12.1 Å². The van der Waals surface area contributed by atoms with E-state index in [1.165, 1.54) is 12.8 Å². The van der Waals surface area contributed by atoms with Gasteiger partial charge in [-0.15, -0.1) is 0 Å². The number of carbonyl (C=O) groups is 1. The number of carbonyl (C=O) groups excluding carboxylic acids is 1. The number of allylic oxidation sites excluding steroid dienone is 1. The molecule has 0 aromatic heterocycles. The second-order valence-corrected chi connectivity index (χ2v) is 4.43. The molecule has 3 N–H and O–H groups in total. The van der Waals surface area contributed by atoms with Crippen LogP contribution in [0.1, 0.15) is 28.8 Å². The van der Waals surface area contributed by atoms with Crippen LogP contribution >= 0.6 is 0 Å². The van der Waals surface area contributed by atoms with Crippen LogP contribution in [-0.4, -0.2) is 19.0 Å². The topological polar surface area (TPSA) is 55.1 Å². The maximum Gasteiger partial charge on any atom is 0.248 e. The minimum absolute atomic E-state index is 0.376. The number of piperidine rings is 1. The maximum atomic E-state index is 10.9. The van der Waals surface area contributed by atoms with Crippen LogP contribution in [0, 0.1) is 5.92 Å². The largest absolute Gasteiger partial charge is 0.366 e. The third-order valence-electron chi connectivity index (χ3n) is 3.14. The highest BCUT2D eigenvalue weighted by Crippen LogP contribution is 2.15. The van der Waals surface area contributed by atoms with Crippen LogP contribution in [0.25, 0.3) is 6.08 Å². The SMILES string of the molecule is NC(=O)c1ccc(C=CC2CCNCC2)cc1. The predicted molar refractivity (Wildman–Crippen MR) is 69.6 cm³/mol. The van der Waals surface area contributed by atoms with E-state index in [-0.39, 0.29) is 5.91 Å². The number of hydrogen-bond donors (Lipinski definition) is 2. The summed E-state index contributed by atoms with van der Waals surface area (Å²) in [6.07, 6.45) is 6.80. The minimum Gasteiger partial charge on any atom is -0.366 e. The van der Waals surface area contributed by atoms with Gasteiger partial charge in [0.15, 0.2) is 0 Å². The van der Waals surface area contributed by atoms with Crippen molar-refractivity contribution in [3.63, 3.8) is 0 Å². The van der Waals surface area contributed by atoms with E-state index in [1.54, 1.807) is 12.1 Å². The quantitative estimate of drug-likeness (QED) is 0.832. The van der Waals surface area contributed by atoms with Crippen molar-refractivity contribution in [1.82, 2.24) is 5.32 Å². The van der Waals surface area contributed by atoms with Crippen LogP contribution in [0.2, 0.25) is 0 Å². The molecule has 0 aliphatic carbocycles. The van der Waals surface area contributed by atoms with Gasteiger partial charge in [-0.05, 0) is 49.5 Å². The Bertz CT molecular complexity index is 403. The summed E-state index contributed by atoms with van der Waals surface area (Å²) in [5, 5.41) is 3.35. The standard InChI is InChI=1S/C14H18N2O/c15-14(17)13-5-3-11(4-6-13)1-2-12-7-9-16-10-8-12/h1-6,12,16H,7-10H2,(H2,15,17). The van der Waals surface area contributed by atoms with Crippen molar-refractivity contribution >= 4 is 12.0 Å². The minimum atomic E-state index is -0.376. The second kappa shape index (κ2) is 5.64. The number of nitrogens with two attached hydrogens (primary N) is 1. The van der Waals surface area contributed by atoms with E-state index in [0.29, 0.717) is 11.5 Å². The Morgan fingerprint density at radius 3 is 2.47 bits per heavy atom. The van der Waals surface area contributed by atoms with Gasteiger partial charge in [0.05, 0.1) is 0 Å². The van der Waals surface area contributed by atoms with E-state index in [0.717, 1.165) is 18.7 Å². The Labute approximate surface area is 102 Å². The number of benzene rings is 1. The molecular weight excluding hydrogens is 212 g/mol. The van der Waals surface area contributed by atoms with E-state index in [2.05, 4.69) is 17.5 Å². The van der Waals surface area contributed by atoms with E-state index in [9.17, 15) is 4.79 Å². The summed E-state index contributed by atoms with van der Waals surface area (Å²) in [7, 11) is 0. The first-order chi connectivity index (χ1) is 8.25. The first-order valence-electron chi connectivity index (χ1n) is 6.04. The highest BCUT2D eigenvalue weighted by Gasteiger charge is 2.08. The lowest BCUT2D eigenvalue weighted by atomic mass is 9.97. The average molecular weight is 230 g/mol. The molecule has 0 saturated carbocycles. The second-order valence-electron chi connectivity index (χ2n) is 4.43. The highest BCUT2D eigenvalue weighted by atomic mass is 16.1. The van der Waals surface area contributed by atoms with Gasteiger partial charge in [-0.25, -0.2) is 0 Å². The average Bonchev–Trinajstić information content (AvgIpc) is 2.38. The van der Waals surface area contributed by atoms with Gasteiger partial charge in [-0.2, -0.15) is 0 Å². The molecule has 1 saturated heterocycles. The Morgan fingerprint density at radius 1 is 1.24 bits per heavy atom. The zero-order valence-corrected chi connectivity index (χ0v) is 9.86. The Balaban J connectivity index is 1.98. The third kappa shape index (κ3) is 3.43. The number of nitrogens with one attached hydrogen (secondary N) is 1. The van der Waals surface area contributed by atoms with Crippen LogP contribution in [0.15, 0.2) is 30.3 Å². The number of amides is 1. The lowest BCUT2D eigenvalue weighted by Crippen LogP contribution is -2.26. The van der Waals surface area contributed by atoms with Crippen molar-refractivity contribution in [2.24, 2.45) is 11.7 Å². The molecule has 1 fully saturated rings. The van der Waals surface area contributed by atoms with Crippen molar-refractivity contribution in [3.8, 4) is 0 Å². The normalized spacial score (nSPS) is 17.4. The molecule has 1 aromatic rings. The Morgan fingerprint density at radius 2 is 1.88 bits per heavy atom. The lowest BCUT2D eigenvalue weighted by Gasteiger charge is -2.19.